The van der Waals surface area contributed by atoms with Crippen LogP contribution in [-0.2, 0) is 14.9 Å². The number of nitrogens with two attached hydrogens (primary N) is 1. The van der Waals surface area contributed by atoms with Gasteiger partial charge in [-0.1, -0.05) is 6.92 Å². The van der Waals surface area contributed by atoms with Gasteiger partial charge < -0.3 is 10.5 Å². The molecule has 0 amide bonds. The highest BCUT2D eigenvalue weighted by molar-refractivity contribution is 7.86. The van der Waals surface area contributed by atoms with Crippen molar-refractivity contribution >= 4 is 10.2 Å². The molecule has 0 aromatic heterocycles. The van der Waals surface area contributed by atoms with Crippen LogP contribution in [0.2, 0.25) is 0 Å². The molecule has 0 saturated carbocycles. The van der Waals surface area contributed by atoms with Crippen LogP contribution in [0.4, 0.5) is 0 Å². The van der Waals surface area contributed by atoms with E-state index in [1.54, 1.807) is 4.31 Å². The minimum atomic E-state index is -3.30. The normalized spacial score (nSPS) is 27.2. The summed E-state index contributed by atoms with van der Waals surface area (Å²) >= 11 is 0. The van der Waals surface area contributed by atoms with Crippen molar-refractivity contribution in [2.75, 3.05) is 45.9 Å². The summed E-state index contributed by atoms with van der Waals surface area (Å²) in [5.74, 6) is 0. The lowest BCUT2D eigenvalue weighted by molar-refractivity contribution is 0.0682. The van der Waals surface area contributed by atoms with E-state index in [1.165, 1.54) is 4.31 Å². The molecule has 0 aromatic rings. The van der Waals surface area contributed by atoms with Gasteiger partial charge in [-0.3, -0.25) is 0 Å². The van der Waals surface area contributed by atoms with Crippen molar-refractivity contribution in [3.05, 3.63) is 0 Å². The van der Waals surface area contributed by atoms with E-state index in [-0.39, 0.29) is 5.41 Å². The molecule has 2 aliphatic heterocycles. The molecule has 2 heterocycles. The first-order chi connectivity index (χ1) is 8.48. The van der Waals surface area contributed by atoms with Crippen LogP contribution in [0.1, 0.15) is 19.8 Å². The molecule has 2 N–H and O–H groups in total. The summed E-state index contributed by atoms with van der Waals surface area (Å²) in [6.45, 7) is 5.83. The van der Waals surface area contributed by atoms with Gasteiger partial charge >= 0.3 is 0 Å². The average Bonchev–Trinajstić information content (AvgIpc) is 2.40. The average molecular weight is 277 g/mol. The molecule has 0 bridgehead atoms. The molecule has 2 rings (SSSR count). The molecule has 18 heavy (non-hydrogen) atoms. The van der Waals surface area contributed by atoms with Gasteiger partial charge in [0.1, 0.15) is 0 Å². The number of morpholine rings is 1. The molecule has 0 aromatic carbocycles. The van der Waals surface area contributed by atoms with Crippen LogP contribution in [0, 0.1) is 5.41 Å². The predicted molar refractivity (Wildman–Crippen MR) is 69.3 cm³/mol. The van der Waals surface area contributed by atoms with Gasteiger partial charge in [0, 0.05) is 26.2 Å². The summed E-state index contributed by atoms with van der Waals surface area (Å²) in [6.07, 6.45) is 1.68. The topological polar surface area (TPSA) is 75.9 Å². The standard InChI is InChI=1S/C11H23N3O3S/c1-11(10-12)2-4-13(5-3-11)18(15,16)14-6-8-17-9-7-14/h2-10,12H2,1H3. The highest BCUT2D eigenvalue weighted by Crippen LogP contribution is 2.31. The number of ether oxygens (including phenoxy) is 1. The van der Waals surface area contributed by atoms with E-state index in [0.29, 0.717) is 45.9 Å². The molecule has 0 atom stereocenters. The van der Waals surface area contributed by atoms with Crippen LogP contribution >= 0.6 is 0 Å². The maximum Gasteiger partial charge on any atom is 0.282 e. The number of hydrogen-bond acceptors (Lipinski definition) is 4. The van der Waals surface area contributed by atoms with E-state index in [0.717, 1.165) is 12.8 Å². The van der Waals surface area contributed by atoms with E-state index in [9.17, 15) is 8.42 Å². The monoisotopic (exact) mass is 277 g/mol. The molecule has 2 fully saturated rings. The zero-order valence-corrected chi connectivity index (χ0v) is 11.8. The second-order valence-corrected chi connectivity index (χ2v) is 7.36. The van der Waals surface area contributed by atoms with Crippen LogP contribution in [0.15, 0.2) is 0 Å². The molecule has 0 aliphatic carbocycles. The number of piperidine rings is 1. The number of nitrogens with zero attached hydrogens (tertiary/aromatic N) is 2. The SMILES string of the molecule is CC1(CN)CCN(S(=O)(=O)N2CCOCC2)CC1. The van der Waals surface area contributed by atoms with Crippen molar-refractivity contribution in [2.24, 2.45) is 11.1 Å². The van der Waals surface area contributed by atoms with E-state index in [4.69, 9.17) is 10.5 Å². The first-order valence-electron chi connectivity index (χ1n) is 6.51. The first kappa shape index (κ1) is 14.2. The molecule has 0 radical (unpaired) electrons. The minimum absolute atomic E-state index is 0.0943. The smallest absolute Gasteiger partial charge is 0.282 e. The Kier molecular flexibility index (Phi) is 4.28. The maximum absolute atomic E-state index is 12.4. The van der Waals surface area contributed by atoms with Crippen LogP contribution < -0.4 is 5.73 Å². The van der Waals surface area contributed by atoms with Crippen molar-refractivity contribution in [2.45, 2.75) is 19.8 Å². The quantitative estimate of drug-likeness (QED) is 0.763. The van der Waals surface area contributed by atoms with E-state index in [1.807, 2.05) is 0 Å². The van der Waals surface area contributed by atoms with Gasteiger partial charge in [0.15, 0.2) is 0 Å². The predicted octanol–water partition coefficient (Wildman–Crippen LogP) is -0.376. The Morgan fingerprint density at radius 1 is 1.11 bits per heavy atom. The van der Waals surface area contributed by atoms with Crippen LogP contribution in [0.5, 0.6) is 0 Å². The Hall–Kier alpha value is -0.210. The molecular formula is C11H23N3O3S. The van der Waals surface area contributed by atoms with Crippen LogP contribution in [-0.4, -0.2) is 63.0 Å². The molecule has 0 unspecified atom stereocenters. The highest BCUT2D eigenvalue weighted by Gasteiger charge is 2.37. The zero-order chi connectivity index (χ0) is 13.2. The fraction of sp³-hybridized carbons (Fsp3) is 1.00. The lowest BCUT2D eigenvalue weighted by Crippen LogP contribution is -2.52. The highest BCUT2D eigenvalue weighted by atomic mass is 32.2. The fourth-order valence-electron chi connectivity index (χ4n) is 2.40. The Balaban J connectivity index is 1.99. The molecule has 7 heteroatoms. The lowest BCUT2D eigenvalue weighted by Gasteiger charge is -2.40. The van der Waals surface area contributed by atoms with Gasteiger partial charge in [-0.15, -0.1) is 0 Å². The Morgan fingerprint density at radius 3 is 2.11 bits per heavy atom. The maximum atomic E-state index is 12.4. The van der Waals surface area contributed by atoms with Crippen LogP contribution in [0.25, 0.3) is 0 Å². The van der Waals surface area contributed by atoms with Crippen molar-refractivity contribution in [1.82, 2.24) is 8.61 Å². The third-order valence-electron chi connectivity index (χ3n) is 4.04. The van der Waals surface area contributed by atoms with E-state index < -0.39 is 10.2 Å². The number of hydrogen-bond donors (Lipinski definition) is 1. The Labute approximate surface area is 109 Å². The van der Waals surface area contributed by atoms with Gasteiger partial charge in [0.05, 0.1) is 13.2 Å². The van der Waals surface area contributed by atoms with Crippen molar-refractivity contribution < 1.29 is 13.2 Å². The fourth-order valence-corrected chi connectivity index (χ4v) is 3.98. The number of rotatable bonds is 3. The summed E-state index contributed by atoms with van der Waals surface area (Å²) in [5, 5.41) is 0. The van der Waals surface area contributed by atoms with Gasteiger partial charge in [-0.25, -0.2) is 0 Å². The van der Waals surface area contributed by atoms with Crippen LogP contribution in [0.3, 0.4) is 0 Å². The summed E-state index contributed by atoms with van der Waals surface area (Å²) in [6, 6.07) is 0. The molecule has 106 valence electrons. The van der Waals surface area contributed by atoms with Gasteiger partial charge in [-0.2, -0.15) is 17.0 Å². The third kappa shape index (κ3) is 2.85. The van der Waals surface area contributed by atoms with Crippen molar-refractivity contribution in [1.29, 1.82) is 0 Å². The van der Waals surface area contributed by atoms with Gasteiger partial charge in [0.2, 0.25) is 0 Å². The van der Waals surface area contributed by atoms with E-state index in [2.05, 4.69) is 6.92 Å². The van der Waals surface area contributed by atoms with Crippen molar-refractivity contribution in [3.8, 4) is 0 Å². The first-order valence-corrected chi connectivity index (χ1v) is 7.91. The third-order valence-corrected chi connectivity index (χ3v) is 6.08. The summed E-state index contributed by atoms with van der Waals surface area (Å²) < 4.78 is 33.1. The van der Waals surface area contributed by atoms with Crippen molar-refractivity contribution in [3.63, 3.8) is 0 Å². The molecule has 2 aliphatic rings. The molecule has 0 spiro atoms. The lowest BCUT2D eigenvalue weighted by atomic mass is 9.81. The second kappa shape index (κ2) is 5.42. The summed E-state index contributed by atoms with van der Waals surface area (Å²) in [4.78, 5) is 0. The largest absolute Gasteiger partial charge is 0.379 e. The summed E-state index contributed by atoms with van der Waals surface area (Å²) in [5.41, 5.74) is 5.83. The molecule has 6 nitrogen and oxygen atoms in total. The molecular weight excluding hydrogens is 254 g/mol. The minimum Gasteiger partial charge on any atom is -0.379 e. The Bertz CT molecular complexity index is 371. The second-order valence-electron chi connectivity index (χ2n) is 5.43. The summed E-state index contributed by atoms with van der Waals surface area (Å²) in [7, 11) is -3.30. The molecule has 2 saturated heterocycles. The van der Waals surface area contributed by atoms with Gasteiger partial charge in [-0.05, 0) is 24.8 Å². The van der Waals surface area contributed by atoms with Gasteiger partial charge in [0.25, 0.3) is 10.2 Å². The Morgan fingerprint density at radius 2 is 1.61 bits per heavy atom. The van der Waals surface area contributed by atoms with E-state index >= 15 is 0 Å². The zero-order valence-electron chi connectivity index (χ0n) is 11.0.